The van der Waals surface area contributed by atoms with Gasteiger partial charge in [0.15, 0.2) is 0 Å². The van der Waals surface area contributed by atoms with E-state index in [0.29, 0.717) is 54.3 Å². The van der Waals surface area contributed by atoms with Crippen molar-refractivity contribution in [1.29, 1.82) is 0 Å². The minimum atomic E-state index is -0.823. The summed E-state index contributed by atoms with van der Waals surface area (Å²) in [5.41, 5.74) is 0.765. The number of piperazine rings is 1. The molecular formula is C23H19ClF2N4O2. The van der Waals surface area contributed by atoms with E-state index in [4.69, 9.17) is 11.6 Å². The highest BCUT2D eigenvalue weighted by molar-refractivity contribution is 6.33. The molecule has 9 heteroatoms. The van der Waals surface area contributed by atoms with E-state index in [-0.39, 0.29) is 11.5 Å². The van der Waals surface area contributed by atoms with E-state index in [1.807, 2.05) is 4.90 Å². The first-order valence-corrected chi connectivity index (χ1v) is 10.3. The molecular weight excluding hydrogens is 438 g/mol. The first kappa shape index (κ1) is 21.7. The van der Waals surface area contributed by atoms with Crippen LogP contribution in [0.3, 0.4) is 0 Å². The topological polar surface area (TPSA) is 65.5 Å². The Kier molecular flexibility index (Phi) is 6.32. The lowest BCUT2D eigenvalue weighted by atomic mass is 10.2. The number of benzene rings is 2. The van der Waals surface area contributed by atoms with Crippen molar-refractivity contribution in [2.75, 3.05) is 36.4 Å². The van der Waals surface area contributed by atoms with Gasteiger partial charge in [-0.1, -0.05) is 23.7 Å². The van der Waals surface area contributed by atoms with Crippen molar-refractivity contribution in [3.8, 4) is 0 Å². The van der Waals surface area contributed by atoms with Crippen LogP contribution >= 0.6 is 11.6 Å². The maximum atomic E-state index is 13.3. The molecule has 0 unspecified atom stereocenters. The average Bonchev–Trinajstić information content (AvgIpc) is 2.79. The Morgan fingerprint density at radius 2 is 1.62 bits per heavy atom. The Bertz CT molecular complexity index is 1130. The number of aromatic nitrogens is 1. The first-order chi connectivity index (χ1) is 15.4. The van der Waals surface area contributed by atoms with E-state index in [9.17, 15) is 18.4 Å². The lowest BCUT2D eigenvalue weighted by Gasteiger charge is -2.35. The van der Waals surface area contributed by atoms with Crippen LogP contribution in [0.25, 0.3) is 0 Å². The molecule has 1 aliphatic rings. The molecule has 2 amide bonds. The van der Waals surface area contributed by atoms with Gasteiger partial charge in [-0.25, -0.2) is 13.8 Å². The normalized spacial score (nSPS) is 13.7. The predicted octanol–water partition coefficient (Wildman–Crippen LogP) is 4.23. The third-order valence-corrected chi connectivity index (χ3v) is 5.46. The largest absolute Gasteiger partial charge is 0.353 e. The molecule has 32 heavy (non-hydrogen) atoms. The van der Waals surface area contributed by atoms with Gasteiger partial charge in [-0.05, 0) is 36.4 Å². The number of halogens is 3. The molecule has 1 fully saturated rings. The van der Waals surface area contributed by atoms with Crippen LogP contribution < -0.4 is 10.2 Å². The predicted molar refractivity (Wildman–Crippen MR) is 118 cm³/mol. The Balaban J connectivity index is 1.35. The van der Waals surface area contributed by atoms with Crippen molar-refractivity contribution < 1.29 is 18.4 Å². The molecule has 2 heterocycles. The summed E-state index contributed by atoms with van der Waals surface area (Å²) < 4.78 is 26.6. The van der Waals surface area contributed by atoms with E-state index in [1.54, 1.807) is 41.3 Å². The molecule has 164 valence electrons. The Morgan fingerprint density at radius 3 is 2.25 bits per heavy atom. The summed E-state index contributed by atoms with van der Waals surface area (Å²) in [6.07, 6.45) is 1.48. The van der Waals surface area contributed by atoms with Gasteiger partial charge in [-0.3, -0.25) is 9.59 Å². The van der Waals surface area contributed by atoms with Crippen LogP contribution in [0, 0.1) is 11.6 Å². The number of nitrogens with one attached hydrogen (secondary N) is 1. The molecule has 0 aliphatic carbocycles. The first-order valence-electron chi connectivity index (χ1n) is 9.93. The van der Waals surface area contributed by atoms with E-state index in [0.717, 1.165) is 12.1 Å². The smallest absolute Gasteiger partial charge is 0.255 e. The quantitative estimate of drug-likeness (QED) is 0.638. The number of hydrogen-bond acceptors (Lipinski definition) is 4. The molecule has 1 N–H and O–H groups in total. The zero-order valence-corrected chi connectivity index (χ0v) is 17.6. The van der Waals surface area contributed by atoms with Crippen molar-refractivity contribution in [2.24, 2.45) is 0 Å². The van der Waals surface area contributed by atoms with Crippen LogP contribution in [-0.4, -0.2) is 47.9 Å². The fourth-order valence-electron chi connectivity index (χ4n) is 3.48. The standard InChI is InChI=1S/C23H19ClF2N4O2/c24-20-4-2-1-3-19(20)23(32)30-9-7-29(8-10-30)21-6-5-18(14-27-21)28-22(31)15-11-16(25)13-17(26)12-15/h1-6,11-14H,7-10H2,(H,28,31). The molecule has 2 aromatic carbocycles. The van der Waals surface area contributed by atoms with Crippen LogP contribution in [0.15, 0.2) is 60.8 Å². The Hall–Kier alpha value is -3.52. The monoisotopic (exact) mass is 456 g/mol. The number of nitrogens with zero attached hydrogens (tertiary/aromatic N) is 3. The van der Waals surface area contributed by atoms with Gasteiger partial charge in [-0.2, -0.15) is 0 Å². The number of rotatable bonds is 4. The molecule has 4 rings (SSSR count). The molecule has 0 bridgehead atoms. The molecule has 1 aliphatic heterocycles. The number of amides is 2. The Morgan fingerprint density at radius 1 is 0.938 bits per heavy atom. The minimum absolute atomic E-state index is 0.102. The van der Waals surface area contributed by atoms with Crippen LogP contribution in [0.2, 0.25) is 5.02 Å². The molecule has 6 nitrogen and oxygen atoms in total. The van der Waals surface area contributed by atoms with Gasteiger partial charge in [0.1, 0.15) is 17.5 Å². The summed E-state index contributed by atoms with van der Waals surface area (Å²) in [6.45, 7) is 2.24. The van der Waals surface area contributed by atoms with E-state index in [2.05, 4.69) is 10.3 Å². The zero-order valence-electron chi connectivity index (χ0n) is 16.9. The number of hydrogen-bond donors (Lipinski definition) is 1. The van der Waals surface area contributed by atoms with Crippen molar-refractivity contribution in [3.63, 3.8) is 0 Å². The molecule has 1 aromatic heterocycles. The zero-order chi connectivity index (χ0) is 22.7. The lowest BCUT2D eigenvalue weighted by molar-refractivity contribution is 0.0746. The fraction of sp³-hybridized carbons (Fsp3) is 0.174. The Labute approximate surface area is 188 Å². The average molecular weight is 457 g/mol. The number of carbonyl (C=O) groups excluding carboxylic acids is 2. The molecule has 1 saturated heterocycles. The fourth-order valence-corrected chi connectivity index (χ4v) is 3.70. The van der Waals surface area contributed by atoms with E-state index < -0.39 is 17.5 Å². The van der Waals surface area contributed by atoms with Gasteiger partial charge < -0.3 is 15.1 Å². The van der Waals surface area contributed by atoms with E-state index in [1.165, 1.54) is 6.20 Å². The van der Waals surface area contributed by atoms with Gasteiger partial charge in [0.25, 0.3) is 11.8 Å². The summed E-state index contributed by atoms with van der Waals surface area (Å²) in [4.78, 5) is 33.1. The van der Waals surface area contributed by atoms with Gasteiger partial charge in [-0.15, -0.1) is 0 Å². The van der Waals surface area contributed by atoms with Crippen molar-refractivity contribution in [1.82, 2.24) is 9.88 Å². The van der Waals surface area contributed by atoms with Crippen LogP contribution in [0.5, 0.6) is 0 Å². The number of pyridine rings is 1. The second-order valence-electron chi connectivity index (χ2n) is 7.28. The summed E-state index contributed by atoms with van der Waals surface area (Å²) in [5, 5.41) is 3.00. The highest BCUT2D eigenvalue weighted by Gasteiger charge is 2.24. The lowest BCUT2D eigenvalue weighted by Crippen LogP contribution is -2.49. The molecule has 0 spiro atoms. The highest BCUT2D eigenvalue weighted by Crippen LogP contribution is 2.21. The molecule has 0 radical (unpaired) electrons. The molecule has 3 aromatic rings. The van der Waals surface area contributed by atoms with Gasteiger partial charge in [0.05, 0.1) is 22.5 Å². The van der Waals surface area contributed by atoms with E-state index >= 15 is 0 Å². The van der Waals surface area contributed by atoms with Crippen LogP contribution in [0.4, 0.5) is 20.3 Å². The maximum Gasteiger partial charge on any atom is 0.255 e. The highest BCUT2D eigenvalue weighted by atomic mass is 35.5. The molecule has 0 saturated carbocycles. The third-order valence-electron chi connectivity index (χ3n) is 5.13. The van der Waals surface area contributed by atoms with Gasteiger partial charge in [0.2, 0.25) is 0 Å². The van der Waals surface area contributed by atoms with Crippen molar-refractivity contribution in [2.45, 2.75) is 0 Å². The third kappa shape index (κ3) is 4.86. The summed E-state index contributed by atoms with van der Waals surface area (Å²) in [5.74, 6) is -1.68. The van der Waals surface area contributed by atoms with Crippen LogP contribution in [-0.2, 0) is 0 Å². The molecule has 0 atom stereocenters. The second-order valence-corrected chi connectivity index (χ2v) is 7.68. The summed E-state index contributed by atoms with van der Waals surface area (Å²) in [7, 11) is 0. The number of anilines is 2. The van der Waals surface area contributed by atoms with Gasteiger partial charge in [0, 0.05) is 37.8 Å². The number of carbonyl (C=O) groups is 2. The van der Waals surface area contributed by atoms with Crippen LogP contribution in [0.1, 0.15) is 20.7 Å². The van der Waals surface area contributed by atoms with Gasteiger partial charge >= 0.3 is 0 Å². The second kappa shape index (κ2) is 9.32. The van der Waals surface area contributed by atoms with Crippen molar-refractivity contribution in [3.05, 3.63) is 88.6 Å². The maximum absolute atomic E-state index is 13.3. The van der Waals surface area contributed by atoms with Crippen molar-refractivity contribution >= 4 is 34.9 Å². The minimum Gasteiger partial charge on any atom is -0.353 e. The summed E-state index contributed by atoms with van der Waals surface area (Å²) >= 11 is 6.13. The summed E-state index contributed by atoms with van der Waals surface area (Å²) in [6, 6.07) is 13.0. The SMILES string of the molecule is O=C(Nc1ccc(N2CCN(C(=O)c3ccccc3Cl)CC2)nc1)c1cc(F)cc(F)c1.